The van der Waals surface area contributed by atoms with Gasteiger partial charge in [0.05, 0.1) is 0 Å². The predicted molar refractivity (Wildman–Crippen MR) is 96.7 cm³/mol. The Labute approximate surface area is 149 Å². The summed E-state index contributed by atoms with van der Waals surface area (Å²) in [4.78, 5) is 17.5. The molecule has 1 aliphatic carbocycles. The van der Waals surface area contributed by atoms with E-state index in [4.69, 9.17) is 4.52 Å². The van der Waals surface area contributed by atoms with E-state index in [0.717, 1.165) is 34.9 Å². The van der Waals surface area contributed by atoms with Crippen LogP contribution >= 0.6 is 11.8 Å². The highest BCUT2D eigenvalue weighted by Gasteiger charge is 2.28. The summed E-state index contributed by atoms with van der Waals surface area (Å²) in [7, 11) is 0. The van der Waals surface area contributed by atoms with Gasteiger partial charge >= 0.3 is 0 Å². The van der Waals surface area contributed by atoms with Crippen LogP contribution in [-0.4, -0.2) is 16.0 Å². The zero-order chi connectivity index (χ0) is 17.1. The fourth-order valence-electron chi connectivity index (χ4n) is 2.44. The Kier molecular flexibility index (Phi) is 4.52. The van der Waals surface area contributed by atoms with E-state index < -0.39 is 0 Å². The first kappa shape index (κ1) is 15.9. The molecule has 0 aliphatic heterocycles. The van der Waals surface area contributed by atoms with Gasteiger partial charge in [0.1, 0.15) is 5.76 Å². The van der Waals surface area contributed by atoms with E-state index in [0.29, 0.717) is 11.6 Å². The SMILES string of the molecule is O=C(Nc1ccc(SCc2cccnc2)cc1)c1cc(C2CC2)on1. The zero-order valence-corrected chi connectivity index (χ0v) is 14.3. The quantitative estimate of drug-likeness (QED) is 0.663. The molecule has 25 heavy (non-hydrogen) atoms. The third-order valence-corrected chi connectivity index (χ3v) is 5.06. The number of carbonyl (C=O) groups is 1. The summed E-state index contributed by atoms with van der Waals surface area (Å²) in [6, 6.07) is 13.5. The second-order valence-electron chi connectivity index (χ2n) is 6.02. The minimum absolute atomic E-state index is 0.244. The van der Waals surface area contributed by atoms with Gasteiger partial charge in [-0.1, -0.05) is 11.2 Å². The summed E-state index contributed by atoms with van der Waals surface area (Å²) in [6.07, 6.45) is 5.88. The predicted octanol–water partition coefficient (Wildman–Crippen LogP) is 4.49. The normalized spacial score (nSPS) is 13.6. The van der Waals surface area contributed by atoms with E-state index in [2.05, 4.69) is 21.5 Å². The van der Waals surface area contributed by atoms with Gasteiger partial charge in [-0.05, 0) is 48.7 Å². The number of pyridine rings is 1. The maximum atomic E-state index is 12.2. The number of hydrogen-bond donors (Lipinski definition) is 1. The minimum Gasteiger partial charge on any atom is -0.360 e. The summed E-state index contributed by atoms with van der Waals surface area (Å²) in [5, 5.41) is 6.71. The van der Waals surface area contributed by atoms with Gasteiger partial charge < -0.3 is 9.84 Å². The number of nitrogens with one attached hydrogen (secondary N) is 1. The molecule has 2 heterocycles. The summed E-state index contributed by atoms with van der Waals surface area (Å²) in [5.41, 5.74) is 2.26. The lowest BCUT2D eigenvalue weighted by molar-refractivity contribution is 0.101. The molecule has 1 amide bonds. The van der Waals surface area contributed by atoms with Crippen molar-refractivity contribution >= 4 is 23.4 Å². The Balaban J connectivity index is 1.34. The van der Waals surface area contributed by atoms with Crippen LogP contribution in [0.4, 0.5) is 5.69 Å². The molecule has 1 aliphatic rings. The number of nitrogens with zero attached hydrogens (tertiary/aromatic N) is 2. The lowest BCUT2D eigenvalue weighted by Gasteiger charge is -2.05. The first-order valence-electron chi connectivity index (χ1n) is 8.18. The van der Waals surface area contributed by atoms with E-state index in [9.17, 15) is 4.79 Å². The van der Waals surface area contributed by atoms with Crippen molar-refractivity contribution in [2.24, 2.45) is 0 Å². The van der Waals surface area contributed by atoms with Crippen LogP contribution in [-0.2, 0) is 5.75 Å². The first-order valence-corrected chi connectivity index (χ1v) is 9.16. The molecule has 0 unspecified atom stereocenters. The third-order valence-electron chi connectivity index (χ3n) is 3.98. The van der Waals surface area contributed by atoms with Crippen LogP contribution in [0.3, 0.4) is 0 Å². The molecular weight excluding hydrogens is 334 g/mol. The molecule has 2 aromatic heterocycles. The average molecular weight is 351 g/mol. The van der Waals surface area contributed by atoms with Crippen molar-refractivity contribution in [1.29, 1.82) is 0 Å². The Morgan fingerprint density at radius 2 is 2.08 bits per heavy atom. The van der Waals surface area contributed by atoms with Crippen LogP contribution in [0.2, 0.25) is 0 Å². The standard InChI is InChI=1S/C19H17N3O2S/c23-19(17-10-18(24-22-17)14-3-4-14)21-15-5-7-16(8-6-15)25-12-13-2-1-9-20-11-13/h1-2,5-11,14H,3-4,12H2,(H,21,23). The molecule has 3 aromatic rings. The van der Waals surface area contributed by atoms with Gasteiger partial charge in [-0.2, -0.15) is 0 Å². The van der Waals surface area contributed by atoms with Gasteiger partial charge in [0, 0.05) is 40.7 Å². The largest absolute Gasteiger partial charge is 0.360 e. The maximum Gasteiger partial charge on any atom is 0.277 e. The third kappa shape index (κ3) is 4.09. The Hall–Kier alpha value is -2.60. The maximum absolute atomic E-state index is 12.2. The van der Waals surface area contributed by atoms with E-state index in [-0.39, 0.29) is 5.91 Å². The molecule has 0 radical (unpaired) electrons. The molecular formula is C19H17N3O2S. The van der Waals surface area contributed by atoms with Gasteiger partial charge in [0.15, 0.2) is 5.69 Å². The number of amides is 1. The number of hydrogen-bond acceptors (Lipinski definition) is 5. The highest BCUT2D eigenvalue weighted by Crippen LogP contribution is 2.40. The van der Waals surface area contributed by atoms with Crippen LogP contribution in [0.1, 0.15) is 40.6 Å². The van der Waals surface area contributed by atoms with Crippen LogP contribution in [0.5, 0.6) is 0 Å². The van der Waals surface area contributed by atoms with E-state index in [1.165, 1.54) is 5.56 Å². The Morgan fingerprint density at radius 3 is 2.80 bits per heavy atom. The van der Waals surface area contributed by atoms with Gasteiger partial charge in [0.25, 0.3) is 5.91 Å². The summed E-state index contributed by atoms with van der Waals surface area (Å²) >= 11 is 1.73. The Morgan fingerprint density at radius 1 is 1.24 bits per heavy atom. The topological polar surface area (TPSA) is 68.0 Å². The molecule has 0 atom stereocenters. The molecule has 0 saturated heterocycles. The second-order valence-corrected chi connectivity index (χ2v) is 7.07. The van der Waals surface area contributed by atoms with E-state index in [1.54, 1.807) is 24.0 Å². The van der Waals surface area contributed by atoms with Crippen molar-refractivity contribution in [3.63, 3.8) is 0 Å². The van der Waals surface area contributed by atoms with E-state index >= 15 is 0 Å². The molecule has 126 valence electrons. The number of aromatic nitrogens is 2. The molecule has 1 saturated carbocycles. The van der Waals surface area contributed by atoms with Crippen molar-refractivity contribution in [2.75, 3.05) is 5.32 Å². The molecule has 1 N–H and O–H groups in total. The fraction of sp³-hybridized carbons (Fsp3) is 0.211. The molecule has 1 aromatic carbocycles. The monoisotopic (exact) mass is 351 g/mol. The lowest BCUT2D eigenvalue weighted by atomic mass is 10.2. The first-order chi connectivity index (χ1) is 12.3. The molecule has 0 bridgehead atoms. The van der Waals surface area contributed by atoms with Gasteiger partial charge in [0.2, 0.25) is 0 Å². The number of carbonyl (C=O) groups excluding carboxylic acids is 1. The zero-order valence-electron chi connectivity index (χ0n) is 13.5. The van der Waals surface area contributed by atoms with Crippen LogP contribution < -0.4 is 5.32 Å². The van der Waals surface area contributed by atoms with Crippen LogP contribution in [0.15, 0.2) is 64.3 Å². The summed E-state index contributed by atoms with van der Waals surface area (Å²) in [5.74, 6) is 1.88. The van der Waals surface area contributed by atoms with Crippen LogP contribution in [0, 0.1) is 0 Å². The van der Waals surface area contributed by atoms with E-state index in [1.807, 2.05) is 36.5 Å². The van der Waals surface area contributed by atoms with Crippen molar-refractivity contribution in [1.82, 2.24) is 10.1 Å². The average Bonchev–Trinajstić information content (AvgIpc) is 3.38. The fourth-order valence-corrected chi connectivity index (χ4v) is 3.27. The van der Waals surface area contributed by atoms with Gasteiger partial charge in [-0.15, -0.1) is 11.8 Å². The summed E-state index contributed by atoms with van der Waals surface area (Å²) < 4.78 is 5.22. The smallest absolute Gasteiger partial charge is 0.277 e. The highest BCUT2D eigenvalue weighted by atomic mass is 32.2. The molecule has 0 spiro atoms. The van der Waals surface area contributed by atoms with Crippen LogP contribution in [0.25, 0.3) is 0 Å². The molecule has 5 nitrogen and oxygen atoms in total. The summed E-state index contributed by atoms with van der Waals surface area (Å²) in [6.45, 7) is 0. The highest BCUT2D eigenvalue weighted by molar-refractivity contribution is 7.98. The molecule has 4 rings (SSSR count). The van der Waals surface area contributed by atoms with Crippen molar-refractivity contribution in [3.05, 3.63) is 71.9 Å². The number of rotatable bonds is 6. The lowest BCUT2D eigenvalue weighted by Crippen LogP contribution is -2.12. The second kappa shape index (κ2) is 7.11. The van der Waals surface area contributed by atoms with Gasteiger partial charge in [-0.3, -0.25) is 9.78 Å². The van der Waals surface area contributed by atoms with Crippen molar-refractivity contribution in [2.45, 2.75) is 29.4 Å². The van der Waals surface area contributed by atoms with Gasteiger partial charge in [-0.25, -0.2) is 0 Å². The van der Waals surface area contributed by atoms with Crippen molar-refractivity contribution in [3.8, 4) is 0 Å². The minimum atomic E-state index is -0.244. The number of benzene rings is 1. The van der Waals surface area contributed by atoms with Crippen molar-refractivity contribution < 1.29 is 9.32 Å². The molecule has 6 heteroatoms. The number of anilines is 1. The molecule has 1 fully saturated rings. The Bertz CT molecular complexity index is 858. The number of thioether (sulfide) groups is 1.